The molecule has 164 valence electrons. The molecule has 1 fully saturated rings. The van der Waals surface area contributed by atoms with Crippen molar-refractivity contribution < 1.29 is 9.53 Å². The largest absolute Gasteiger partial charge is 0.450 e. The minimum atomic E-state index is -0.429. The summed E-state index contributed by atoms with van der Waals surface area (Å²) in [6.45, 7) is 8.55. The number of hydrogen-bond acceptors (Lipinski definition) is 5. The van der Waals surface area contributed by atoms with E-state index >= 15 is 0 Å². The SMILES string of the molecule is CCOC(=O)NCCn1nc([C@H]2CCCN2C(C)C)c2c3c(c(=O)[nH]c21)CCCC3. The molecule has 1 aliphatic heterocycles. The van der Waals surface area contributed by atoms with Crippen LogP contribution in [0.4, 0.5) is 4.79 Å². The van der Waals surface area contributed by atoms with Crippen LogP contribution in [0.5, 0.6) is 0 Å². The van der Waals surface area contributed by atoms with Crippen molar-refractivity contribution in [3.05, 3.63) is 27.2 Å². The summed E-state index contributed by atoms with van der Waals surface area (Å²) in [5, 5.41) is 8.90. The number of hydrogen-bond donors (Lipinski definition) is 2. The number of likely N-dealkylation sites (tertiary alicyclic amines) is 1. The van der Waals surface area contributed by atoms with Gasteiger partial charge in [-0.2, -0.15) is 5.10 Å². The van der Waals surface area contributed by atoms with Crippen LogP contribution in [0.3, 0.4) is 0 Å². The Balaban J connectivity index is 1.76. The third-order valence-electron chi connectivity index (χ3n) is 6.40. The van der Waals surface area contributed by atoms with E-state index in [4.69, 9.17) is 9.84 Å². The van der Waals surface area contributed by atoms with Gasteiger partial charge in [-0.05, 0) is 71.4 Å². The Labute approximate surface area is 177 Å². The molecule has 1 atom stereocenters. The maximum Gasteiger partial charge on any atom is 0.407 e. The van der Waals surface area contributed by atoms with Crippen molar-refractivity contribution in [2.45, 2.75) is 77.9 Å². The van der Waals surface area contributed by atoms with E-state index in [1.165, 1.54) is 5.56 Å². The van der Waals surface area contributed by atoms with Crippen LogP contribution >= 0.6 is 0 Å². The molecule has 2 N–H and O–H groups in total. The van der Waals surface area contributed by atoms with Crippen LogP contribution in [-0.2, 0) is 24.1 Å². The molecule has 2 aromatic rings. The molecular weight excluding hydrogens is 382 g/mol. The Hall–Kier alpha value is -2.35. The van der Waals surface area contributed by atoms with Gasteiger partial charge in [0.05, 0.1) is 24.9 Å². The molecule has 0 unspecified atom stereocenters. The van der Waals surface area contributed by atoms with Crippen LogP contribution in [0, 0.1) is 0 Å². The Morgan fingerprint density at radius 3 is 2.77 bits per heavy atom. The van der Waals surface area contributed by atoms with Gasteiger partial charge in [0.1, 0.15) is 5.65 Å². The Morgan fingerprint density at radius 1 is 1.27 bits per heavy atom. The Morgan fingerprint density at radius 2 is 2.03 bits per heavy atom. The predicted octanol–water partition coefficient (Wildman–Crippen LogP) is 2.89. The average Bonchev–Trinajstić information content (AvgIpc) is 3.34. The van der Waals surface area contributed by atoms with E-state index in [9.17, 15) is 9.59 Å². The first-order chi connectivity index (χ1) is 14.5. The molecule has 0 saturated carbocycles. The van der Waals surface area contributed by atoms with Crippen LogP contribution in [-0.4, -0.2) is 51.5 Å². The summed E-state index contributed by atoms with van der Waals surface area (Å²) in [4.78, 5) is 30.1. The number of amides is 1. The van der Waals surface area contributed by atoms with Gasteiger partial charge in [0, 0.05) is 23.5 Å². The zero-order chi connectivity index (χ0) is 21.3. The van der Waals surface area contributed by atoms with E-state index in [0.717, 1.165) is 67.4 Å². The van der Waals surface area contributed by atoms with E-state index in [0.29, 0.717) is 25.7 Å². The quantitative estimate of drug-likeness (QED) is 0.757. The number of carbonyl (C=O) groups excluding carboxylic acids is 1. The molecule has 1 saturated heterocycles. The third-order valence-corrected chi connectivity index (χ3v) is 6.40. The second-order valence-electron chi connectivity index (χ2n) is 8.59. The Kier molecular flexibility index (Phi) is 6.13. The summed E-state index contributed by atoms with van der Waals surface area (Å²) in [5.74, 6) is 0. The highest BCUT2D eigenvalue weighted by Crippen LogP contribution is 2.38. The number of ether oxygens (including phenoxy) is 1. The van der Waals surface area contributed by atoms with Crippen molar-refractivity contribution in [2.24, 2.45) is 0 Å². The minimum absolute atomic E-state index is 0.00962. The third kappa shape index (κ3) is 3.85. The molecule has 1 amide bonds. The molecule has 3 heterocycles. The number of aromatic amines is 1. The van der Waals surface area contributed by atoms with Gasteiger partial charge < -0.3 is 15.0 Å². The van der Waals surface area contributed by atoms with Crippen molar-refractivity contribution in [1.29, 1.82) is 0 Å². The summed E-state index contributed by atoms with van der Waals surface area (Å²) in [6, 6.07) is 0.713. The van der Waals surface area contributed by atoms with Crippen molar-refractivity contribution in [1.82, 2.24) is 25.0 Å². The monoisotopic (exact) mass is 415 g/mol. The van der Waals surface area contributed by atoms with Gasteiger partial charge in [-0.3, -0.25) is 9.69 Å². The molecular formula is C22H33N5O3. The molecule has 30 heavy (non-hydrogen) atoms. The lowest BCUT2D eigenvalue weighted by Crippen LogP contribution is -2.31. The van der Waals surface area contributed by atoms with Crippen LogP contribution in [0.2, 0.25) is 0 Å². The van der Waals surface area contributed by atoms with Crippen molar-refractivity contribution in [3.8, 4) is 0 Å². The summed E-state index contributed by atoms with van der Waals surface area (Å²) < 4.78 is 6.81. The molecule has 2 aromatic heterocycles. The standard InChI is InChI=1S/C22H33N5O3/c1-4-30-22(29)23-11-13-27-20-18(15-8-5-6-9-16(15)21(28)24-20)19(25-27)17-10-7-12-26(17)14(2)3/h14,17H,4-13H2,1-3H3,(H,23,29)(H,24,28)/t17-/m1/s1. The number of rotatable bonds is 6. The fourth-order valence-corrected chi connectivity index (χ4v) is 5.06. The molecule has 0 radical (unpaired) electrons. The average molecular weight is 416 g/mol. The highest BCUT2D eigenvalue weighted by Gasteiger charge is 2.33. The maximum atomic E-state index is 12.8. The number of aromatic nitrogens is 3. The van der Waals surface area contributed by atoms with E-state index in [1.807, 2.05) is 4.68 Å². The van der Waals surface area contributed by atoms with Crippen molar-refractivity contribution in [3.63, 3.8) is 0 Å². The molecule has 8 heteroatoms. The van der Waals surface area contributed by atoms with Crippen LogP contribution in [0.25, 0.3) is 11.0 Å². The lowest BCUT2D eigenvalue weighted by molar-refractivity contribution is 0.151. The fourth-order valence-electron chi connectivity index (χ4n) is 5.06. The highest BCUT2D eigenvalue weighted by molar-refractivity contribution is 5.84. The molecule has 0 aromatic carbocycles. The van der Waals surface area contributed by atoms with Gasteiger partial charge in [0.15, 0.2) is 0 Å². The first kappa shape index (κ1) is 20.9. The van der Waals surface area contributed by atoms with E-state index in [1.54, 1.807) is 6.92 Å². The number of fused-ring (bicyclic) bond motifs is 3. The lowest BCUT2D eigenvalue weighted by atomic mass is 9.89. The van der Waals surface area contributed by atoms with Crippen LogP contribution in [0.1, 0.15) is 69.3 Å². The summed E-state index contributed by atoms with van der Waals surface area (Å²) in [6.07, 6.45) is 5.77. The van der Waals surface area contributed by atoms with Gasteiger partial charge in [-0.1, -0.05) is 0 Å². The van der Waals surface area contributed by atoms with Crippen LogP contribution in [0.15, 0.2) is 4.79 Å². The highest BCUT2D eigenvalue weighted by atomic mass is 16.5. The lowest BCUT2D eigenvalue weighted by Gasteiger charge is -2.27. The number of pyridine rings is 1. The number of H-pyrrole nitrogens is 1. The minimum Gasteiger partial charge on any atom is -0.450 e. The topological polar surface area (TPSA) is 92.2 Å². The number of nitrogens with one attached hydrogen (secondary N) is 2. The summed E-state index contributed by atoms with van der Waals surface area (Å²) >= 11 is 0. The molecule has 8 nitrogen and oxygen atoms in total. The summed E-state index contributed by atoms with van der Waals surface area (Å²) in [7, 11) is 0. The van der Waals surface area contributed by atoms with E-state index in [-0.39, 0.29) is 11.6 Å². The van der Waals surface area contributed by atoms with Gasteiger partial charge in [0.25, 0.3) is 5.56 Å². The summed E-state index contributed by atoms with van der Waals surface area (Å²) in [5.41, 5.74) is 4.01. The van der Waals surface area contributed by atoms with Crippen molar-refractivity contribution in [2.75, 3.05) is 19.7 Å². The van der Waals surface area contributed by atoms with Gasteiger partial charge in [-0.15, -0.1) is 0 Å². The van der Waals surface area contributed by atoms with Crippen molar-refractivity contribution >= 4 is 17.1 Å². The molecule has 1 aliphatic carbocycles. The van der Waals surface area contributed by atoms with E-state index in [2.05, 4.69) is 29.0 Å². The molecule has 0 bridgehead atoms. The van der Waals surface area contributed by atoms with Gasteiger partial charge in [-0.25, -0.2) is 9.48 Å². The first-order valence-corrected chi connectivity index (χ1v) is 11.3. The fraction of sp³-hybridized carbons (Fsp3) is 0.682. The Bertz CT molecular complexity index is 977. The van der Waals surface area contributed by atoms with Gasteiger partial charge >= 0.3 is 6.09 Å². The maximum absolute atomic E-state index is 12.8. The number of carbonyl (C=O) groups is 1. The molecule has 4 rings (SSSR count). The molecule has 2 aliphatic rings. The smallest absolute Gasteiger partial charge is 0.407 e. The zero-order valence-corrected chi connectivity index (χ0v) is 18.3. The number of aryl methyl sites for hydroxylation is 1. The predicted molar refractivity (Wildman–Crippen MR) is 116 cm³/mol. The zero-order valence-electron chi connectivity index (χ0n) is 18.3. The van der Waals surface area contributed by atoms with Gasteiger partial charge in [0.2, 0.25) is 0 Å². The number of alkyl carbamates (subject to hydrolysis) is 1. The first-order valence-electron chi connectivity index (χ1n) is 11.3. The second-order valence-corrected chi connectivity index (χ2v) is 8.59. The van der Waals surface area contributed by atoms with Crippen LogP contribution < -0.4 is 10.9 Å². The molecule has 0 spiro atoms. The normalized spacial score (nSPS) is 19.4. The second kappa shape index (κ2) is 8.79. The van der Waals surface area contributed by atoms with E-state index < -0.39 is 6.09 Å². The number of nitrogens with zero attached hydrogens (tertiary/aromatic N) is 3.